The highest BCUT2D eigenvalue weighted by atomic mass is 79.9. The standard InChI is InChI=1S/C14H19BrO/c1-10(2)7-11-5-6-12(8-13(11)15)14(3,4)9-16/h5-6,8-10H,7H2,1-4H3. The molecule has 1 nitrogen and oxygen atoms in total. The van der Waals surface area contributed by atoms with Crippen molar-refractivity contribution in [2.45, 2.75) is 39.5 Å². The van der Waals surface area contributed by atoms with Gasteiger partial charge in [0.1, 0.15) is 6.29 Å². The van der Waals surface area contributed by atoms with E-state index in [0.717, 1.165) is 22.7 Å². The smallest absolute Gasteiger partial charge is 0.129 e. The van der Waals surface area contributed by atoms with Crippen molar-refractivity contribution < 1.29 is 4.79 Å². The Morgan fingerprint density at radius 2 is 2.00 bits per heavy atom. The Labute approximate surface area is 106 Å². The van der Waals surface area contributed by atoms with Crippen molar-refractivity contribution in [2.24, 2.45) is 5.92 Å². The maximum Gasteiger partial charge on any atom is 0.129 e. The number of halogens is 1. The molecule has 1 aromatic rings. The summed E-state index contributed by atoms with van der Waals surface area (Å²) in [5, 5.41) is 0. The van der Waals surface area contributed by atoms with Gasteiger partial charge < -0.3 is 4.79 Å². The van der Waals surface area contributed by atoms with Crippen LogP contribution in [0.15, 0.2) is 22.7 Å². The number of aldehydes is 1. The van der Waals surface area contributed by atoms with Crippen LogP contribution in [0.4, 0.5) is 0 Å². The van der Waals surface area contributed by atoms with Gasteiger partial charge >= 0.3 is 0 Å². The average molecular weight is 283 g/mol. The van der Waals surface area contributed by atoms with Crippen molar-refractivity contribution in [3.63, 3.8) is 0 Å². The Balaban J connectivity index is 3.04. The minimum Gasteiger partial charge on any atom is -0.302 e. The molecule has 1 rings (SSSR count). The van der Waals surface area contributed by atoms with Crippen molar-refractivity contribution in [1.82, 2.24) is 0 Å². The van der Waals surface area contributed by atoms with Gasteiger partial charge in [-0.3, -0.25) is 0 Å². The molecule has 0 amide bonds. The van der Waals surface area contributed by atoms with Crippen molar-refractivity contribution in [2.75, 3.05) is 0 Å². The molecule has 0 atom stereocenters. The zero-order valence-electron chi connectivity index (χ0n) is 10.4. The fourth-order valence-electron chi connectivity index (χ4n) is 1.62. The summed E-state index contributed by atoms with van der Waals surface area (Å²) < 4.78 is 1.11. The summed E-state index contributed by atoms with van der Waals surface area (Å²) in [4.78, 5) is 11.0. The van der Waals surface area contributed by atoms with Gasteiger partial charge in [0.25, 0.3) is 0 Å². The number of benzene rings is 1. The van der Waals surface area contributed by atoms with Gasteiger partial charge in [0.2, 0.25) is 0 Å². The van der Waals surface area contributed by atoms with Gasteiger partial charge in [-0.2, -0.15) is 0 Å². The summed E-state index contributed by atoms with van der Waals surface area (Å²) in [7, 11) is 0. The SMILES string of the molecule is CC(C)Cc1ccc(C(C)(C)C=O)cc1Br. The molecule has 0 unspecified atom stereocenters. The molecule has 0 saturated heterocycles. The van der Waals surface area contributed by atoms with Gasteiger partial charge in [-0.15, -0.1) is 0 Å². The Morgan fingerprint density at radius 1 is 1.38 bits per heavy atom. The molecule has 0 aliphatic carbocycles. The van der Waals surface area contributed by atoms with Crippen LogP contribution < -0.4 is 0 Å². The van der Waals surface area contributed by atoms with E-state index in [1.165, 1.54) is 5.56 Å². The lowest BCUT2D eigenvalue weighted by Gasteiger charge is -2.19. The summed E-state index contributed by atoms with van der Waals surface area (Å²) in [6, 6.07) is 6.23. The molecule has 0 aliphatic heterocycles. The third kappa shape index (κ3) is 3.18. The van der Waals surface area contributed by atoms with E-state index in [0.29, 0.717) is 5.92 Å². The van der Waals surface area contributed by atoms with E-state index in [-0.39, 0.29) is 0 Å². The van der Waals surface area contributed by atoms with E-state index in [1.807, 2.05) is 13.8 Å². The highest BCUT2D eigenvalue weighted by Crippen LogP contribution is 2.27. The van der Waals surface area contributed by atoms with Crippen LogP contribution >= 0.6 is 15.9 Å². The lowest BCUT2D eigenvalue weighted by Crippen LogP contribution is -2.18. The maximum atomic E-state index is 11.0. The number of carbonyl (C=O) groups is 1. The second-order valence-electron chi connectivity index (χ2n) is 5.24. The van der Waals surface area contributed by atoms with Crippen molar-refractivity contribution in [1.29, 1.82) is 0 Å². The molecule has 1 aromatic carbocycles. The predicted molar refractivity (Wildman–Crippen MR) is 71.8 cm³/mol. The van der Waals surface area contributed by atoms with E-state index in [4.69, 9.17) is 0 Å². The predicted octanol–water partition coefficient (Wildman–Crippen LogP) is 4.12. The number of carbonyl (C=O) groups excluding carboxylic acids is 1. The Kier molecular flexibility index (Phi) is 4.31. The second-order valence-corrected chi connectivity index (χ2v) is 6.10. The van der Waals surface area contributed by atoms with E-state index in [9.17, 15) is 4.79 Å². The first-order chi connectivity index (χ1) is 7.36. The summed E-state index contributed by atoms with van der Waals surface area (Å²) >= 11 is 3.58. The van der Waals surface area contributed by atoms with Crippen LogP contribution in [0.5, 0.6) is 0 Å². The zero-order chi connectivity index (χ0) is 12.3. The maximum absolute atomic E-state index is 11.0. The van der Waals surface area contributed by atoms with Gasteiger partial charge in [0.15, 0.2) is 0 Å². The summed E-state index contributed by atoms with van der Waals surface area (Å²) in [5.41, 5.74) is 1.96. The molecule has 16 heavy (non-hydrogen) atoms. The van der Waals surface area contributed by atoms with Crippen LogP contribution in [-0.2, 0) is 16.6 Å². The number of hydrogen-bond donors (Lipinski definition) is 0. The average Bonchev–Trinajstić information content (AvgIpc) is 2.20. The molecule has 0 spiro atoms. The monoisotopic (exact) mass is 282 g/mol. The lowest BCUT2D eigenvalue weighted by molar-refractivity contribution is -0.111. The normalized spacial score (nSPS) is 11.9. The molecule has 0 saturated carbocycles. The van der Waals surface area contributed by atoms with Crippen LogP contribution in [0.1, 0.15) is 38.8 Å². The van der Waals surface area contributed by atoms with Gasteiger partial charge in [0, 0.05) is 9.89 Å². The minimum atomic E-state index is -0.404. The molecular formula is C14H19BrO. The quantitative estimate of drug-likeness (QED) is 0.759. The fraction of sp³-hybridized carbons (Fsp3) is 0.500. The Hall–Kier alpha value is -0.630. The molecule has 0 aromatic heterocycles. The summed E-state index contributed by atoms with van der Waals surface area (Å²) in [5.74, 6) is 0.640. The first kappa shape index (κ1) is 13.4. The molecule has 0 N–H and O–H groups in total. The van der Waals surface area contributed by atoms with Crippen LogP contribution in [0.3, 0.4) is 0 Å². The largest absolute Gasteiger partial charge is 0.302 e. The van der Waals surface area contributed by atoms with E-state index in [2.05, 4.69) is 48.0 Å². The molecule has 88 valence electrons. The van der Waals surface area contributed by atoms with Crippen LogP contribution in [0.25, 0.3) is 0 Å². The third-order valence-corrected chi connectivity index (χ3v) is 3.46. The first-order valence-corrected chi connectivity index (χ1v) is 6.41. The second kappa shape index (κ2) is 5.13. The Bertz CT molecular complexity index is 380. The van der Waals surface area contributed by atoms with Gasteiger partial charge in [0.05, 0.1) is 0 Å². The number of hydrogen-bond acceptors (Lipinski definition) is 1. The van der Waals surface area contributed by atoms with Crippen molar-refractivity contribution >= 4 is 22.2 Å². The third-order valence-electron chi connectivity index (χ3n) is 2.72. The molecule has 0 bridgehead atoms. The molecule has 0 fully saturated rings. The molecule has 2 heteroatoms. The summed E-state index contributed by atoms with van der Waals surface area (Å²) in [6.45, 7) is 8.28. The topological polar surface area (TPSA) is 17.1 Å². The molecule has 0 heterocycles. The first-order valence-electron chi connectivity index (χ1n) is 5.62. The van der Waals surface area contributed by atoms with E-state index >= 15 is 0 Å². The van der Waals surface area contributed by atoms with Crippen molar-refractivity contribution in [3.8, 4) is 0 Å². The fourth-order valence-corrected chi connectivity index (χ4v) is 2.16. The van der Waals surface area contributed by atoms with E-state index < -0.39 is 5.41 Å². The molecule has 0 aliphatic rings. The van der Waals surface area contributed by atoms with Gasteiger partial charge in [-0.25, -0.2) is 0 Å². The van der Waals surface area contributed by atoms with Crippen LogP contribution in [-0.4, -0.2) is 6.29 Å². The highest BCUT2D eigenvalue weighted by Gasteiger charge is 2.20. The van der Waals surface area contributed by atoms with Crippen LogP contribution in [0.2, 0.25) is 0 Å². The zero-order valence-corrected chi connectivity index (χ0v) is 12.0. The minimum absolute atomic E-state index is 0.404. The van der Waals surface area contributed by atoms with Crippen LogP contribution in [0, 0.1) is 5.92 Å². The number of rotatable bonds is 4. The van der Waals surface area contributed by atoms with E-state index in [1.54, 1.807) is 0 Å². The molecule has 0 radical (unpaired) electrons. The highest BCUT2D eigenvalue weighted by molar-refractivity contribution is 9.10. The van der Waals surface area contributed by atoms with Gasteiger partial charge in [-0.1, -0.05) is 41.9 Å². The van der Waals surface area contributed by atoms with Gasteiger partial charge in [-0.05, 0) is 43.4 Å². The molecular weight excluding hydrogens is 264 g/mol. The lowest BCUT2D eigenvalue weighted by atomic mass is 9.85. The van der Waals surface area contributed by atoms with Crippen molar-refractivity contribution in [3.05, 3.63) is 33.8 Å². The summed E-state index contributed by atoms with van der Waals surface area (Å²) in [6.07, 6.45) is 2.05. The Morgan fingerprint density at radius 3 is 2.44 bits per heavy atom.